The lowest BCUT2D eigenvalue weighted by Crippen LogP contribution is -2.49. The number of hydrogen-bond acceptors (Lipinski definition) is 3. The second-order valence-corrected chi connectivity index (χ2v) is 6.58. The van der Waals surface area contributed by atoms with Gasteiger partial charge in [-0.25, -0.2) is 0 Å². The molecule has 1 amide bonds. The molecule has 4 rings (SSSR count). The van der Waals surface area contributed by atoms with Crippen LogP contribution < -0.4 is 10.5 Å². The highest BCUT2D eigenvalue weighted by atomic mass is 16.2. The van der Waals surface area contributed by atoms with Crippen LogP contribution in [0, 0.1) is 0 Å². The summed E-state index contributed by atoms with van der Waals surface area (Å²) in [5.74, 6) is 0.121. The van der Waals surface area contributed by atoms with Crippen molar-refractivity contribution in [1.82, 2.24) is 9.88 Å². The van der Waals surface area contributed by atoms with E-state index in [0.29, 0.717) is 6.54 Å². The molecule has 0 bridgehead atoms. The van der Waals surface area contributed by atoms with Crippen molar-refractivity contribution < 1.29 is 4.79 Å². The van der Waals surface area contributed by atoms with E-state index in [4.69, 9.17) is 0 Å². The predicted molar refractivity (Wildman–Crippen MR) is 93.1 cm³/mol. The Hall–Kier alpha value is -2.40. The molecule has 0 fully saturated rings. The van der Waals surface area contributed by atoms with E-state index in [1.54, 1.807) is 6.20 Å². The van der Waals surface area contributed by atoms with Crippen molar-refractivity contribution in [2.75, 3.05) is 18.0 Å². The fourth-order valence-electron chi connectivity index (χ4n) is 3.78. The molecular weight excluding hydrogens is 302 g/mol. The smallest absolute Gasteiger partial charge is 0.252 e. The number of carbonyl (C=O) groups excluding carboxylic acids is 1. The van der Waals surface area contributed by atoms with E-state index in [1.807, 2.05) is 36.1 Å². The molecule has 2 aromatic rings. The van der Waals surface area contributed by atoms with Gasteiger partial charge >= 0.3 is 0 Å². The van der Waals surface area contributed by atoms with Crippen LogP contribution in [0.1, 0.15) is 23.6 Å². The van der Waals surface area contributed by atoms with E-state index in [9.17, 15) is 9.59 Å². The maximum Gasteiger partial charge on any atom is 0.252 e. The molecule has 0 saturated carbocycles. The molecule has 124 valence electrons. The maximum absolute atomic E-state index is 13.0. The monoisotopic (exact) mass is 323 g/mol. The van der Waals surface area contributed by atoms with Gasteiger partial charge in [0, 0.05) is 37.1 Å². The lowest BCUT2D eigenvalue weighted by Gasteiger charge is -2.34. The number of benzene rings is 1. The van der Waals surface area contributed by atoms with Gasteiger partial charge in [0.15, 0.2) is 0 Å². The largest absolute Gasteiger partial charge is 0.329 e. The molecule has 5 nitrogen and oxygen atoms in total. The lowest BCUT2D eigenvalue weighted by molar-refractivity contribution is -0.123. The average molecular weight is 323 g/mol. The highest BCUT2D eigenvalue weighted by Gasteiger charge is 2.32. The van der Waals surface area contributed by atoms with Crippen molar-refractivity contribution in [3.05, 3.63) is 63.6 Å². The number of rotatable bonds is 2. The highest BCUT2D eigenvalue weighted by molar-refractivity contribution is 5.98. The quantitative estimate of drug-likeness (QED) is 0.915. The first-order valence-electron chi connectivity index (χ1n) is 8.48. The number of anilines is 1. The Labute approximate surface area is 140 Å². The van der Waals surface area contributed by atoms with Crippen molar-refractivity contribution in [3.63, 3.8) is 0 Å². The fourth-order valence-corrected chi connectivity index (χ4v) is 3.78. The second kappa shape index (κ2) is 5.91. The number of carbonyl (C=O) groups is 1. The van der Waals surface area contributed by atoms with Crippen molar-refractivity contribution in [2.45, 2.75) is 32.4 Å². The summed E-state index contributed by atoms with van der Waals surface area (Å²) in [6, 6.07) is 9.84. The van der Waals surface area contributed by atoms with E-state index in [2.05, 4.69) is 16.0 Å². The number of pyridine rings is 1. The van der Waals surface area contributed by atoms with Gasteiger partial charge in [0.05, 0.1) is 6.04 Å². The molecule has 0 spiro atoms. The normalized spacial score (nSPS) is 18.1. The Morgan fingerprint density at radius 3 is 2.79 bits per heavy atom. The zero-order valence-corrected chi connectivity index (χ0v) is 13.8. The number of aromatic nitrogens is 1. The molecule has 1 N–H and O–H groups in total. The molecule has 0 aliphatic carbocycles. The summed E-state index contributed by atoms with van der Waals surface area (Å²) in [4.78, 5) is 31.8. The minimum atomic E-state index is -0.232. The molecule has 0 radical (unpaired) electrons. The van der Waals surface area contributed by atoms with E-state index in [0.717, 1.165) is 42.7 Å². The number of H-pyrrole nitrogens is 1. The van der Waals surface area contributed by atoms with E-state index >= 15 is 0 Å². The summed E-state index contributed by atoms with van der Waals surface area (Å²) < 4.78 is 0. The molecule has 0 unspecified atom stereocenters. The first kappa shape index (κ1) is 15.1. The highest BCUT2D eigenvalue weighted by Crippen LogP contribution is 2.29. The Bertz CT molecular complexity index is 843. The van der Waals surface area contributed by atoms with Gasteiger partial charge in [0.2, 0.25) is 5.91 Å². The number of amides is 1. The SMILES string of the molecule is C[C@@H](C(=O)N1CCc2ccccc21)N1CCc2cc[nH]c(=O)c2C1. The summed E-state index contributed by atoms with van der Waals surface area (Å²) in [6.07, 6.45) is 3.43. The van der Waals surface area contributed by atoms with Crippen molar-refractivity contribution >= 4 is 11.6 Å². The van der Waals surface area contributed by atoms with Crippen molar-refractivity contribution in [1.29, 1.82) is 0 Å². The summed E-state index contributed by atoms with van der Waals surface area (Å²) in [5, 5.41) is 0. The molecule has 5 heteroatoms. The molecule has 24 heavy (non-hydrogen) atoms. The number of nitrogens with one attached hydrogen (secondary N) is 1. The van der Waals surface area contributed by atoms with Crippen LogP contribution in [0.4, 0.5) is 5.69 Å². The number of para-hydroxylation sites is 1. The molecule has 2 aliphatic heterocycles. The Morgan fingerprint density at radius 2 is 1.92 bits per heavy atom. The van der Waals surface area contributed by atoms with Crippen LogP contribution >= 0.6 is 0 Å². The van der Waals surface area contributed by atoms with Gasteiger partial charge in [0.1, 0.15) is 0 Å². The third-order valence-electron chi connectivity index (χ3n) is 5.25. The zero-order valence-electron chi connectivity index (χ0n) is 13.8. The second-order valence-electron chi connectivity index (χ2n) is 6.58. The van der Waals surface area contributed by atoms with Crippen molar-refractivity contribution in [3.8, 4) is 0 Å². The van der Waals surface area contributed by atoms with Crippen LogP contribution in [0.25, 0.3) is 0 Å². The van der Waals surface area contributed by atoms with Crippen LogP contribution in [-0.2, 0) is 24.2 Å². The lowest BCUT2D eigenvalue weighted by atomic mass is 10.0. The summed E-state index contributed by atoms with van der Waals surface area (Å²) in [6.45, 7) is 4.03. The zero-order chi connectivity index (χ0) is 16.7. The molecule has 0 saturated heterocycles. The van der Waals surface area contributed by atoms with Gasteiger partial charge in [0.25, 0.3) is 5.56 Å². The van der Waals surface area contributed by atoms with Crippen LogP contribution in [0.2, 0.25) is 0 Å². The Kier molecular flexibility index (Phi) is 3.73. The molecule has 1 atom stereocenters. The summed E-state index contributed by atoms with van der Waals surface area (Å²) >= 11 is 0. The maximum atomic E-state index is 13.0. The van der Waals surface area contributed by atoms with E-state index in [-0.39, 0.29) is 17.5 Å². The van der Waals surface area contributed by atoms with Crippen LogP contribution in [0.15, 0.2) is 41.3 Å². The van der Waals surface area contributed by atoms with Gasteiger partial charge < -0.3 is 9.88 Å². The van der Waals surface area contributed by atoms with Crippen LogP contribution in [0.3, 0.4) is 0 Å². The van der Waals surface area contributed by atoms with E-state index < -0.39 is 0 Å². The number of fused-ring (bicyclic) bond motifs is 2. The third-order valence-corrected chi connectivity index (χ3v) is 5.25. The number of hydrogen-bond donors (Lipinski definition) is 1. The van der Waals surface area contributed by atoms with Gasteiger partial charge in [-0.05, 0) is 43.0 Å². The molecule has 1 aromatic carbocycles. The van der Waals surface area contributed by atoms with Gasteiger partial charge in [-0.3, -0.25) is 14.5 Å². The first-order valence-corrected chi connectivity index (χ1v) is 8.48. The third kappa shape index (κ3) is 2.45. The summed E-state index contributed by atoms with van der Waals surface area (Å²) in [5.41, 5.74) is 4.12. The van der Waals surface area contributed by atoms with Gasteiger partial charge in [-0.15, -0.1) is 0 Å². The average Bonchev–Trinajstić information content (AvgIpc) is 3.05. The minimum Gasteiger partial charge on any atom is -0.329 e. The van der Waals surface area contributed by atoms with Gasteiger partial charge in [-0.1, -0.05) is 18.2 Å². The number of aromatic amines is 1. The topological polar surface area (TPSA) is 56.4 Å². The van der Waals surface area contributed by atoms with Gasteiger partial charge in [-0.2, -0.15) is 0 Å². The fraction of sp³-hybridized carbons (Fsp3) is 0.368. The Morgan fingerprint density at radius 1 is 1.12 bits per heavy atom. The standard InChI is InChI=1S/C19H21N3O2/c1-13(19(24)22-11-8-15-4-2-3-5-17(15)22)21-10-7-14-6-9-20-18(23)16(14)12-21/h2-6,9,13H,7-8,10-12H2,1H3,(H,20,23)/t13-/m0/s1. The molecule has 3 heterocycles. The van der Waals surface area contributed by atoms with E-state index in [1.165, 1.54) is 5.56 Å². The molecular formula is C19H21N3O2. The predicted octanol–water partition coefficient (Wildman–Crippen LogP) is 1.71. The summed E-state index contributed by atoms with van der Waals surface area (Å²) in [7, 11) is 0. The van der Waals surface area contributed by atoms with Crippen LogP contribution in [-0.4, -0.2) is 34.9 Å². The van der Waals surface area contributed by atoms with Crippen molar-refractivity contribution in [2.24, 2.45) is 0 Å². The molecule has 1 aromatic heterocycles. The first-order chi connectivity index (χ1) is 11.6. The van der Waals surface area contributed by atoms with Crippen LogP contribution in [0.5, 0.6) is 0 Å². The minimum absolute atomic E-state index is 0.0385. The number of nitrogens with zero attached hydrogens (tertiary/aromatic N) is 2. The molecule has 2 aliphatic rings. The Balaban J connectivity index is 1.55.